The van der Waals surface area contributed by atoms with Gasteiger partial charge in [-0.25, -0.2) is 18.4 Å². The summed E-state index contributed by atoms with van der Waals surface area (Å²) in [5.74, 6) is -1.21. The molecule has 0 amide bonds. The quantitative estimate of drug-likeness (QED) is 0.750. The van der Waals surface area contributed by atoms with E-state index in [0.717, 1.165) is 11.6 Å². The van der Waals surface area contributed by atoms with E-state index >= 15 is 0 Å². The maximum atomic E-state index is 11.6. The molecule has 0 fully saturated rings. The van der Waals surface area contributed by atoms with E-state index in [9.17, 15) is 13.2 Å². The molecular weight excluding hydrogens is 304 g/mol. The summed E-state index contributed by atoms with van der Waals surface area (Å²) in [4.78, 5) is 10.7. The van der Waals surface area contributed by atoms with Gasteiger partial charge >= 0.3 is 5.97 Å². The number of nitrogens with one attached hydrogen (secondary N) is 1. The van der Waals surface area contributed by atoms with E-state index in [1.807, 2.05) is 30.3 Å². The van der Waals surface area contributed by atoms with Crippen molar-refractivity contribution in [3.8, 4) is 0 Å². The Labute approximate surface area is 128 Å². The van der Waals surface area contributed by atoms with Gasteiger partial charge in [0.05, 0.1) is 11.3 Å². The van der Waals surface area contributed by atoms with Crippen LogP contribution in [0.1, 0.15) is 15.9 Å². The Hall–Kier alpha value is -2.38. The van der Waals surface area contributed by atoms with Crippen LogP contribution in [0.15, 0.2) is 53.4 Å². The van der Waals surface area contributed by atoms with Crippen LogP contribution in [0.5, 0.6) is 0 Å². The highest BCUT2D eigenvalue weighted by Crippen LogP contribution is 2.22. The minimum Gasteiger partial charge on any atom is -0.478 e. The van der Waals surface area contributed by atoms with E-state index in [2.05, 4.69) is 5.32 Å². The van der Waals surface area contributed by atoms with E-state index in [4.69, 9.17) is 10.2 Å². The van der Waals surface area contributed by atoms with Crippen molar-refractivity contribution in [1.82, 2.24) is 0 Å². The molecule has 0 bridgehead atoms. The first-order chi connectivity index (χ1) is 10.4. The van der Waals surface area contributed by atoms with Crippen molar-refractivity contribution in [2.24, 2.45) is 5.14 Å². The van der Waals surface area contributed by atoms with Crippen molar-refractivity contribution in [3.05, 3.63) is 59.7 Å². The van der Waals surface area contributed by atoms with E-state index in [-0.39, 0.29) is 10.5 Å². The number of benzene rings is 2. The minimum absolute atomic E-state index is 0.127. The SMILES string of the molecule is NS(=O)(=O)c1cc(C(=O)O)ccc1NCCc1ccccc1. The number of nitrogens with two attached hydrogens (primary N) is 1. The molecule has 0 saturated heterocycles. The van der Waals surface area contributed by atoms with Crippen molar-refractivity contribution in [1.29, 1.82) is 0 Å². The van der Waals surface area contributed by atoms with E-state index in [0.29, 0.717) is 18.7 Å². The van der Waals surface area contributed by atoms with Gasteiger partial charge in [0, 0.05) is 6.54 Å². The fourth-order valence-electron chi connectivity index (χ4n) is 2.02. The number of anilines is 1. The van der Waals surface area contributed by atoms with Crippen LogP contribution in [0.3, 0.4) is 0 Å². The molecule has 2 aromatic rings. The zero-order valence-electron chi connectivity index (χ0n) is 11.7. The van der Waals surface area contributed by atoms with Gasteiger partial charge in [-0.15, -0.1) is 0 Å². The Bertz CT molecular complexity index is 773. The Morgan fingerprint density at radius 2 is 1.82 bits per heavy atom. The van der Waals surface area contributed by atoms with Crippen molar-refractivity contribution >= 4 is 21.7 Å². The van der Waals surface area contributed by atoms with Gasteiger partial charge in [0.25, 0.3) is 0 Å². The molecule has 0 unspecified atom stereocenters. The molecule has 0 spiro atoms. The molecule has 0 aliphatic rings. The van der Waals surface area contributed by atoms with Crippen LogP contribution in [0, 0.1) is 0 Å². The highest BCUT2D eigenvalue weighted by Gasteiger charge is 2.16. The van der Waals surface area contributed by atoms with Crippen LogP contribution in [-0.2, 0) is 16.4 Å². The molecule has 0 aromatic heterocycles. The number of primary sulfonamides is 1. The average Bonchev–Trinajstić information content (AvgIpc) is 2.47. The predicted molar refractivity (Wildman–Crippen MR) is 83.4 cm³/mol. The molecule has 2 rings (SSSR count). The summed E-state index contributed by atoms with van der Waals surface area (Å²) in [7, 11) is -4.01. The number of sulfonamides is 1. The third-order valence-electron chi connectivity index (χ3n) is 3.11. The van der Waals surface area contributed by atoms with Crippen LogP contribution in [-0.4, -0.2) is 26.0 Å². The van der Waals surface area contributed by atoms with E-state index < -0.39 is 16.0 Å². The molecule has 0 aliphatic carbocycles. The second kappa shape index (κ2) is 6.59. The zero-order chi connectivity index (χ0) is 16.2. The van der Waals surface area contributed by atoms with Gasteiger partial charge in [-0.3, -0.25) is 0 Å². The van der Waals surface area contributed by atoms with Gasteiger partial charge in [0.15, 0.2) is 0 Å². The molecule has 116 valence electrons. The number of hydrogen-bond donors (Lipinski definition) is 3. The second-order valence-corrected chi connectivity index (χ2v) is 6.25. The number of aromatic carboxylic acids is 1. The lowest BCUT2D eigenvalue weighted by Gasteiger charge is -2.11. The highest BCUT2D eigenvalue weighted by atomic mass is 32.2. The monoisotopic (exact) mass is 320 g/mol. The number of carbonyl (C=O) groups is 1. The minimum atomic E-state index is -4.01. The summed E-state index contributed by atoms with van der Waals surface area (Å²) in [6.45, 7) is 0.499. The smallest absolute Gasteiger partial charge is 0.335 e. The standard InChI is InChI=1S/C15H16N2O4S/c16-22(20,21)14-10-12(15(18)19)6-7-13(14)17-9-8-11-4-2-1-3-5-11/h1-7,10,17H,8-9H2,(H,18,19)(H2,16,20,21). The predicted octanol–water partition coefficient (Wildman–Crippen LogP) is 1.69. The normalized spacial score (nSPS) is 11.1. The highest BCUT2D eigenvalue weighted by molar-refractivity contribution is 7.89. The maximum Gasteiger partial charge on any atom is 0.335 e. The van der Waals surface area contributed by atoms with Gasteiger partial charge in [-0.1, -0.05) is 30.3 Å². The van der Waals surface area contributed by atoms with Crippen LogP contribution >= 0.6 is 0 Å². The Balaban J connectivity index is 2.18. The second-order valence-electron chi connectivity index (χ2n) is 4.72. The van der Waals surface area contributed by atoms with Crippen LogP contribution < -0.4 is 10.5 Å². The Morgan fingerprint density at radius 3 is 2.41 bits per heavy atom. The largest absolute Gasteiger partial charge is 0.478 e. The molecule has 0 heterocycles. The number of carboxylic acids is 1. The molecule has 0 atom stereocenters. The first kappa shape index (κ1) is 16.0. The fraction of sp³-hybridized carbons (Fsp3) is 0.133. The maximum absolute atomic E-state index is 11.6. The summed E-state index contributed by atoms with van der Waals surface area (Å²) in [5, 5.41) is 17.1. The number of carboxylic acid groups (broad SMARTS) is 1. The molecular formula is C15H16N2O4S. The zero-order valence-corrected chi connectivity index (χ0v) is 12.5. The van der Waals surface area contributed by atoms with Crippen molar-refractivity contribution < 1.29 is 18.3 Å². The third-order valence-corrected chi connectivity index (χ3v) is 4.06. The van der Waals surface area contributed by atoms with Crippen LogP contribution in [0.2, 0.25) is 0 Å². The van der Waals surface area contributed by atoms with Crippen LogP contribution in [0.25, 0.3) is 0 Å². The summed E-state index contributed by atoms with van der Waals surface area (Å²) in [6, 6.07) is 13.5. The van der Waals surface area contributed by atoms with Crippen molar-refractivity contribution in [3.63, 3.8) is 0 Å². The summed E-state index contributed by atoms with van der Waals surface area (Å²) >= 11 is 0. The topological polar surface area (TPSA) is 109 Å². The van der Waals surface area contributed by atoms with Crippen molar-refractivity contribution in [2.75, 3.05) is 11.9 Å². The molecule has 0 radical (unpaired) electrons. The summed E-state index contributed by atoms with van der Waals surface area (Å²) in [6.07, 6.45) is 0.700. The lowest BCUT2D eigenvalue weighted by atomic mass is 10.1. The third kappa shape index (κ3) is 4.06. The molecule has 2 aromatic carbocycles. The summed E-state index contributed by atoms with van der Waals surface area (Å²) in [5.41, 5.74) is 1.27. The molecule has 7 heteroatoms. The molecule has 22 heavy (non-hydrogen) atoms. The number of hydrogen-bond acceptors (Lipinski definition) is 4. The lowest BCUT2D eigenvalue weighted by Crippen LogP contribution is -2.17. The summed E-state index contributed by atoms with van der Waals surface area (Å²) < 4.78 is 23.2. The fourth-order valence-corrected chi connectivity index (χ4v) is 2.76. The van der Waals surface area contributed by atoms with Gasteiger partial charge in [-0.05, 0) is 30.2 Å². The first-order valence-electron chi connectivity index (χ1n) is 6.56. The van der Waals surface area contributed by atoms with Gasteiger partial charge in [0.2, 0.25) is 10.0 Å². The molecule has 4 N–H and O–H groups in total. The molecule has 0 aliphatic heterocycles. The van der Waals surface area contributed by atoms with Crippen molar-refractivity contribution in [2.45, 2.75) is 11.3 Å². The van der Waals surface area contributed by atoms with Gasteiger partial charge < -0.3 is 10.4 Å². The van der Waals surface area contributed by atoms with Gasteiger partial charge in [0.1, 0.15) is 4.90 Å². The first-order valence-corrected chi connectivity index (χ1v) is 8.10. The van der Waals surface area contributed by atoms with Crippen LogP contribution in [0.4, 0.5) is 5.69 Å². The van der Waals surface area contributed by atoms with E-state index in [1.165, 1.54) is 12.1 Å². The Morgan fingerprint density at radius 1 is 1.14 bits per heavy atom. The molecule has 6 nitrogen and oxygen atoms in total. The molecule has 0 saturated carbocycles. The van der Waals surface area contributed by atoms with Gasteiger partial charge in [-0.2, -0.15) is 0 Å². The van der Waals surface area contributed by atoms with E-state index in [1.54, 1.807) is 0 Å². The Kier molecular flexibility index (Phi) is 4.79. The lowest BCUT2D eigenvalue weighted by molar-refractivity contribution is 0.0696. The number of rotatable bonds is 6. The average molecular weight is 320 g/mol.